The number of ether oxygens (including phenoxy) is 1. The molecular weight excluding hydrogens is 370 g/mol. The quantitative estimate of drug-likeness (QED) is 0.594. The number of nitrogens with zero attached hydrogens (tertiary/aromatic N) is 2. The van der Waals surface area contributed by atoms with E-state index in [1.807, 2.05) is 31.3 Å². The number of urea groups is 1. The van der Waals surface area contributed by atoms with Crippen molar-refractivity contribution in [2.24, 2.45) is 0 Å². The third-order valence-electron chi connectivity index (χ3n) is 4.30. The molecule has 1 aromatic heterocycles. The van der Waals surface area contributed by atoms with Gasteiger partial charge < -0.3 is 19.9 Å². The van der Waals surface area contributed by atoms with E-state index in [0.29, 0.717) is 17.9 Å². The number of methoxy groups -OCH3 is 1. The average Bonchev–Trinajstić information content (AvgIpc) is 3.12. The number of aryl methyl sites for hydroxylation is 1. The fourth-order valence-electron chi connectivity index (χ4n) is 2.77. The number of amides is 3. The lowest BCUT2D eigenvalue weighted by atomic mass is 10.1. The number of nitrogens with one attached hydrogen (secondary N) is 3. The third kappa shape index (κ3) is 5.83. The van der Waals surface area contributed by atoms with Gasteiger partial charge in [0.2, 0.25) is 0 Å². The molecule has 0 aliphatic heterocycles. The van der Waals surface area contributed by atoms with E-state index in [0.717, 1.165) is 23.5 Å². The Hall–Kier alpha value is -3.81. The number of hydrogen-bond acceptors (Lipinski definition) is 4. The van der Waals surface area contributed by atoms with E-state index in [2.05, 4.69) is 36.3 Å². The lowest BCUT2D eigenvalue weighted by molar-refractivity contribution is 0.187. The first kappa shape index (κ1) is 19.9. The second kappa shape index (κ2) is 9.41. The number of rotatable bonds is 6. The maximum absolute atomic E-state index is 12.2. The van der Waals surface area contributed by atoms with Crippen LogP contribution in [0.15, 0.2) is 60.9 Å². The Labute approximate surface area is 168 Å². The highest BCUT2D eigenvalue weighted by molar-refractivity contribution is 5.90. The molecule has 3 amide bonds. The van der Waals surface area contributed by atoms with Crippen LogP contribution in [-0.4, -0.2) is 28.8 Å². The molecule has 2 aromatic carbocycles. The van der Waals surface area contributed by atoms with Crippen molar-refractivity contribution in [3.63, 3.8) is 0 Å². The van der Waals surface area contributed by atoms with Crippen LogP contribution in [0.1, 0.15) is 17.0 Å². The molecule has 8 heteroatoms. The molecule has 0 bridgehead atoms. The lowest BCUT2D eigenvalue weighted by Crippen LogP contribution is -2.28. The van der Waals surface area contributed by atoms with Gasteiger partial charge >= 0.3 is 12.1 Å². The summed E-state index contributed by atoms with van der Waals surface area (Å²) in [5, 5.41) is 8.15. The van der Waals surface area contributed by atoms with Crippen LogP contribution in [0.3, 0.4) is 0 Å². The number of carbonyl (C=O) groups excluding carboxylic acids is 2. The Morgan fingerprint density at radius 3 is 2.38 bits per heavy atom. The van der Waals surface area contributed by atoms with Gasteiger partial charge in [-0.15, -0.1) is 0 Å². The predicted octanol–water partition coefficient (Wildman–Crippen LogP) is 3.74. The summed E-state index contributed by atoms with van der Waals surface area (Å²) >= 11 is 0. The molecule has 29 heavy (non-hydrogen) atoms. The van der Waals surface area contributed by atoms with E-state index < -0.39 is 6.09 Å². The van der Waals surface area contributed by atoms with Crippen LogP contribution >= 0.6 is 0 Å². The van der Waals surface area contributed by atoms with Crippen molar-refractivity contribution in [3.05, 3.63) is 77.9 Å². The minimum absolute atomic E-state index is 0.311. The SMILES string of the molecule is COC(=O)Nc1ccc(NC(=O)NCc2cccc(Cn3ccnc3C)c2)cc1. The number of carbonyl (C=O) groups is 2. The van der Waals surface area contributed by atoms with Gasteiger partial charge in [0.05, 0.1) is 7.11 Å². The highest BCUT2D eigenvalue weighted by Crippen LogP contribution is 2.14. The van der Waals surface area contributed by atoms with Gasteiger partial charge in [-0.3, -0.25) is 5.32 Å². The van der Waals surface area contributed by atoms with E-state index in [9.17, 15) is 9.59 Å². The molecular formula is C21H23N5O3. The van der Waals surface area contributed by atoms with Gasteiger partial charge in [-0.2, -0.15) is 0 Å². The molecule has 3 N–H and O–H groups in total. The molecule has 8 nitrogen and oxygen atoms in total. The fraction of sp³-hybridized carbons (Fsp3) is 0.190. The van der Waals surface area contributed by atoms with Gasteiger partial charge in [0.1, 0.15) is 5.82 Å². The van der Waals surface area contributed by atoms with Crippen molar-refractivity contribution < 1.29 is 14.3 Å². The zero-order chi connectivity index (χ0) is 20.6. The summed E-state index contributed by atoms with van der Waals surface area (Å²) in [4.78, 5) is 27.6. The first-order valence-corrected chi connectivity index (χ1v) is 9.09. The molecule has 3 rings (SSSR count). The van der Waals surface area contributed by atoms with Crippen molar-refractivity contribution in [2.45, 2.75) is 20.0 Å². The first-order valence-electron chi connectivity index (χ1n) is 9.09. The summed E-state index contributed by atoms with van der Waals surface area (Å²) in [6.07, 6.45) is 3.18. The third-order valence-corrected chi connectivity index (χ3v) is 4.30. The molecule has 0 saturated carbocycles. The molecule has 0 radical (unpaired) electrons. The second-order valence-corrected chi connectivity index (χ2v) is 6.42. The average molecular weight is 393 g/mol. The van der Waals surface area contributed by atoms with E-state index in [4.69, 9.17) is 0 Å². The van der Waals surface area contributed by atoms with Crippen molar-refractivity contribution in [2.75, 3.05) is 17.7 Å². The van der Waals surface area contributed by atoms with Crippen LogP contribution in [0.4, 0.5) is 21.0 Å². The van der Waals surface area contributed by atoms with Crippen LogP contribution in [0.2, 0.25) is 0 Å². The number of aromatic nitrogens is 2. The summed E-state index contributed by atoms with van der Waals surface area (Å²) < 4.78 is 6.60. The van der Waals surface area contributed by atoms with Gasteiger partial charge in [-0.05, 0) is 42.3 Å². The molecule has 3 aromatic rings. The Bertz CT molecular complexity index is 982. The summed E-state index contributed by atoms with van der Waals surface area (Å²) in [5.41, 5.74) is 3.34. The molecule has 0 atom stereocenters. The van der Waals surface area contributed by atoms with Crippen molar-refractivity contribution in [3.8, 4) is 0 Å². The van der Waals surface area contributed by atoms with Gasteiger partial charge in [-0.1, -0.05) is 24.3 Å². The fourth-order valence-corrected chi connectivity index (χ4v) is 2.77. The van der Waals surface area contributed by atoms with Crippen molar-refractivity contribution in [1.29, 1.82) is 0 Å². The summed E-state index contributed by atoms with van der Waals surface area (Å²) in [6.45, 7) is 3.11. The highest BCUT2D eigenvalue weighted by Gasteiger charge is 2.05. The molecule has 0 saturated heterocycles. The van der Waals surface area contributed by atoms with E-state index in [-0.39, 0.29) is 6.03 Å². The number of anilines is 2. The standard InChI is InChI=1S/C21H23N5O3/c1-15-22-10-11-26(15)14-17-5-3-4-16(12-17)13-23-20(27)24-18-6-8-19(9-7-18)25-21(28)29-2/h3-12H,13-14H2,1-2H3,(H,25,28)(H2,23,24,27). The van der Waals surface area contributed by atoms with Crippen LogP contribution in [-0.2, 0) is 17.8 Å². The maximum atomic E-state index is 12.2. The molecule has 0 unspecified atom stereocenters. The largest absolute Gasteiger partial charge is 0.453 e. The Morgan fingerprint density at radius 1 is 1.03 bits per heavy atom. The predicted molar refractivity (Wildman–Crippen MR) is 111 cm³/mol. The Kier molecular flexibility index (Phi) is 6.47. The van der Waals surface area contributed by atoms with Crippen LogP contribution in [0.5, 0.6) is 0 Å². The maximum Gasteiger partial charge on any atom is 0.411 e. The number of hydrogen-bond donors (Lipinski definition) is 3. The zero-order valence-corrected chi connectivity index (χ0v) is 16.3. The van der Waals surface area contributed by atoms with Crippen molar-refractivity contribution >= 4 is 23.5 Å². The van der Waals surface area contributed by atoms with Crippen LogP contribution in [0, 0.1) is 6.92 Å². The Morgan fingerprint density at radius 2 is 1.72 bits per heavy atom. The van der Waals surface area contributed by atoms with E-state index in [1.54, 1.807) is 30.5 Å². The molecule has 0 aliphatic carbocycles. The smallest absolute Gasteiger partial charge is 0.411 e. The lowest BCUT2D eigenvalue weighted by Gasteiger charge is -2.10. The monoisotopic (exact) mass is 393 g/mol. The zero-order valence-electron chi connectivity index (χ0n) is 16.3. The molecule has 0 spiro atoms. The first-order chi connectivity index (χ1) is 14.0. The van der Waals surface area contributed by atoms with E-state index >= 15 is 0 Å². The van der Waals surface area contributed by atoms with Gasteiger partial charge in [-0.25, -0.2) is 14.6 Å². The number of benzene rings is 2. The van der Waals surface area contributed by atoms with Gasteiger partial charge in [0.15, 0.2) is 0 Å². The summed E-state index contributed by atoms with van der Waals surface area (Å²) in [5.74, 6) is 0.959. The van der Waals surface area contributed by atoms with Crippen LogP contribution in [0.25, 0.3) is 0 Å². The minimum atomic E-state index is -0.547. The molecule has 150 valence electrons. The summed E-state index contributed by atoms with van der Waals surface area (Å²) in [6, 6.07) is 14.5. The second-order valence-electron chi connectivity index (χ2n) is 6.42. The molecule has 1 heterocycles. The van der Waals surface area contributed by atoms with Gasteiger partial charge in [0.25, 0.3) is 0 Å². The topological polar surface area (TPSA) is 97.3 Å². The Balaban J connectivity index is 1.51. The summed E-state index contributed by atoms with van der Waals surface area (Å²) in [7, 11) is 1.30. The van der Waals surface area contributed by atoms with Crippen LogP contribution < -0.4 is 16.0 Å². The number of imidazole rings is 1. The van der Waals surface area contributed by atoms with Gasteiger partial charge in [0, 0.05) is 36.9 Å². The van der Waals surface area contributed by atoms with E-state index in [1.165, 1.54) is 7.11 Å². The molecule has 0 fully saturated rings. The molecule has 0 aliphatic rings. The van der Waals surface area contributed by atoms with Crippen molar-refractivity contribution in [1.82, 2.24) is 14.9 Å². The highest BCUT2D eigenvalue weighted by atomic mass is 16.5. The normalized spacial score (nSPS) is 10.3. The minimum Gasteiger partial charge on any atom is -0.453 e.